The van der Waals surface area contributed by atoms with Crippen LogP contribution >= 0.6 is 0 Å². The summed E-state index contributed by atoms with van der Waals surface area (Å²) in [7, 11) is 3.46. The zero-order valence-corrected chi connectivity index (χ0v) is 23.5. The van der Waals surface area contributed by atoms with Crippen LogP contribution in [0.25, 0.3) is 0 Å². The largest absolute Gasteiger partial charge is 0.495 e. The van der Waals surface area contributed by atoms with Crippen LogP contribution in [0.3, 0.4) is 0 Å². The molecule has 0 aliphatic carbocycles. The highest BCUT2D eigenvalue weighted by Crippen LogP contribution is 2.41. The molecule has 3 aromatic rings. The minimum absolute atomic E-state index is 0.0393. The minimum atomic E-state index is -4.80. The molecule has 2 aromatic carbocycles. The molecule has 1 atom stereocenters. The molecule has 13 heteroatoms. The van der Waals surface area contributed by atoms with Gasteiger partial charge in [-0.15, -0.1) is 0 Å². The Morgan fingerprint density at radius 3 is 2.67 bits per heavy atom. The van der Waals surface area contributed by atoms with Gasteiger partial charge in [-0.2, -0.15) is 18.2 Å². The van der Waals surface area contributed by atoms with E-state index < -0.39 is 23.3 Å². The van der Waals surface area contributed by atoms with Gasteiger partial charge in [0.1, 0.15) is 22.8 Å². The van der Waals surface area contributed by atoms with Gasteiger partial charge in [0.2, 0.25) is 11.8 Å². The van der Waals surface area contributed by atoms with Crippen LogP contribution in [0.1, 0.15) is 46.8 Å². The van der Waals surface area contributed by atoms with E-state index in [1.807, 2.05) is 7.05 Å². The first-order chi connectivity index (χ1) is 19.9. The Morgan fingerprint density at radius 1 is 1.19 bits per heavy atom. The number of methoxy groups -OCH3 is 1. The van der Waals surface area contributed by atoms with Crippen LogP contribution in [0.5, 0.6) is 17.4 Å². The number of ether oxygens (including phenoxy) is 2. The van der Waals surface area contributed by atoms with Crippen molar-refractivity contribution in [3.05, 3.63) is 64.8 Å². The molecular weight excluding hydrogens is 553 g/mol. The van der Waals surface area contributed by atoms with E-state index in [9.17, 15) is 23.1 Å². The van der Waals surface area contributed by atoms with E-state index in [-0.39, 0.29) is 29.4 Å². The summed E-state index contributed by atoms with van der Waals surface area (Å²) < 4.78 is 53.0. The molecule has 3 heterocycles. The summed E-state index contributed by atoms with van der Waals surface area (Å²) in [5, 5.41) is 19.7. The summed E-state index contributed by atoms with van der Waals surface area (Å²) in [4.78, 5) is 23.0. The van der Waals surface area contributed by atoms with Crippen molar-refractivity contribution in [1.29, 1.82) is 0 Å². The van der Waals surface area contributed by atoms with Crippen molar-refractivity contribution < 1.29 is 32.5 Å². The molecular formula is C29H33F3N6O4. The first-order valence-corrected chi connectivity index (χ1v) is 13.6. The number of likely N-dealkylation sites (tertiary alicyclic amines) is 1. The summed E-state index contributed by atoms with van der Waals surface area (Å²) in [6.07, 6.45) is -1.89. The predicted octanol–water partition coefficient (Wildman–Crippen LogP) is 4.17. The predicted molar refractivity (Wildman–Crippen MR) is 149 cm³/mol. The maximum Gasteiger partial charge on any atom is 0.423 e. The van der Waals surface area contributed by atoms with Crippen molar-refractivity contribution >= 4 is 17.5 Å². The average Bonchev–Trinajstić information content (AvgIpc) is 2.93. The van der Waals surface area contributed by atoms with Gasteiger partial charge in [-0.25, -0.2) is 4.98 Å². The number of anilines is 2. The Balaban J connectivity index is 1.40. The Labute approximate surface area is 241 Å². The summed E-state index contributed by atoms with van der Waals surface area (Å²) >= 11 is 0. The number of carbonyl (C=O) groups is 1. The number of halogens is 3. The average molecular weight is 587 g/mol. The maximum absolute atomic E-state index is 13.9. The molecule has 1 fully saturated rings. The lowest BCUT2D eigenvalue weighted by molar-refractivity contribution is -0.139. The monoisotopic (exact) mass is 586 g/mol. The SMILES string of the molecule is COc1cc(C(=O)NC2CCN(C)CC2)ccc1Nc1ncc(C(F)(F)F)c(Oc2cccc3c2C(C)(O)NCC3)n1. The highest BCUT2D eigenvalue weighted by Gasteiger charge is 2.38. The molecule has 1 amide bonds. The van der Waals surface area contributed by atoms with Gasteiger partial charge in [0, 0.05) is 29.9 Å². The van der Waals surface area contributed by atoms with Crippen LogP contribution in [-0.4, -0.2) is 65.7 Å². The van der Waals surface area contributed by atoms with Crippen LogP contribution in [0.2, 0.25) is 0 Å². The molecule has 0 radical (unpaired) electrons. The van der Waals surface area contributed by atoms with Gasteiger partial charge in [-0.05, 0) is 76.2 Å². The van der Waals surface area contributed by atoms with Crippen molar-refractivity contribution in [2.24, 2.45) is 0 Å². The van der Waals surface area contributed by atoms with Crippen LogP contribution in [0.4, 0.5) is 24.8 Å². The van der Waals surface area contributed by atoms with E-state index in [1.54, 1.807) is 30.3 Å². The standard InChI is InChI=1S/C29H33F3N6O4/c1-28(40)24-17(9-12-34-28)5-4-6-22(24)42-26-20(29(30,31)32)16-33-27(37-26)36-21-8-7-18(15-23(21)41-3)25(39)35-19-10-13-38(2)14-11-19/h4-8,15-16,19,34,40H,9-14H2,1-3H3,(H,35,39)(H,33,36,37). The first-order valence-electron chi connectivity index (χ1n) is 13.6. The lowest BCUT2D eigenvalue weighted by Crippen LogP contribution is -2.45. The van der Waals surface area contributed by atoms with Gasteiger partial charge in [-0.1, -0.05) is 12.1 Å². The number of benzene rings is 2. The number of aliphatic hydroxyl groups is 1. The Kier molecular flexibility index (Phi) is 8.26. The lowest BCUT2D eigenvalue weighted by atomic mass is 9.91. The number of nitrogens with one attached hydrogen (secondary N) is 3. The van der Waals surface area contributed by atoms with Crippen LogP contribution in [0, 0.1) is 0 Å². The summed E-state index contributed by atoms with van der Waals surface area (Å²) in [6.45, 7) is 3.82. The molecule has 0 spiro atoms. The number of alkyl halides is 3. The number of hydrogen-bond acceptors (Lipinski definition) is 9. The molecule has 0 saturated carbocycles. The van der Waals surface area contributed by atoms with E-state index in [2.05, 4.69) is 30.8 Å². The Hall–Kier alpha value is -3.94. The molecule has 0 bridgehead atoms. The van der Waals surface area contributed by atoms with Gasteiger partial charge < -0.3 is 30.1 Å². The number of nitrogens with zero attached hydrogens (tertiary/aromatic N) is 3. The molecule has 4 N–H and O–H groups in total. The zero-order chi connectivity index (χ0) is 30.1. The fourth-order valence-electron chi connectivity index (χ4n) is 5.23. The Bertz CT molecular complexity index is 1460. The molecule has 5 rings (SSSR count). The smallest absolute Gasteiger partial charge is 0.423 e. The third kappa shape index (κ3) is 6.42. The third-order valence-corrected chi connectivity index (χ3v) is 7.49. The second-order valence-corrected chi connectivity index (χ2v) is 10.6. The summed E-state index contributed by atoms with van der Waals surface area (Å²) in [6, 6.07) is 9.69. The summed E-state index contributed by atoms with van der Waals surface area (Å²) in [5.74, 6) is -0.849. The number of piperidine rings is 1. The molecule has 2 aliphatic rings. The van der Waals surface area contributed by atoms with E-state index in [0.29, 0.717) is 36.0 Å². The molecule has 2 aliphatic heterocycles. The van der Waals surface area contributed by atoms with Gasteiger partial charge in [-0.3, -0.25) is 10.1 Å². The number of hydrogen-bond donors (Lipinski definition) is 4. The second kappa shape index (κ2) is 11.7. The lowest BCUT2D eigenvalue weighted by Gasteiger charge is -2.33. The number of aromatic nitrogens is 2. The van der Waals surface area contributed by atoms with Crippen molar-refractivity contribution in [2.75, 3.05) is 39.1 Å². The molecule has 1 aromatic heterocycles. The van der Waals surface area contributed by atoms with E-state index in [4.69, 9.17) is 9.47 Å². The topological polar surface area (TPSA) is 121 Å². The van der Waals surface area contributed by atoms with E-state index in [1.165, 1.54) is 20.1 Å². The fraction of sp³-hybridized carbons (Fsp3) is 0.414. The highest BCUT2D eigenvalue weighted by molar-refractivity contribution is 5.95. The van der Waals surface area contributed by atoms with Gasteiger partial charge in [0.15, 0.2) is 0 Å². The first kappa shape index (κ1) is 29.5. The normalized spacial score (nSPS) is 19.6. The van der Waals surface area contributed by atoms with Crippen LogP contribution in [0.15, 0.2) is 42.6 Å². The maximum atomic E-state index is 13.9. The fourth-order valence-corrected chi connectivity index (χ4v) is 5.23. The van der Waals surface area contributed by atoms with Gasteiger partial charge in [0.25, 0.3) is 5.91 Å². The third-order valence-electron chi connectivity index (χ3n) is 7.49. The van der Waals surface area contributed by atoms with Crippen molar-refractivity contribution in [1.82, 2.24) is 25.5 Å². The van der Waals surface area contributed by atoms with Crippen molar-refractivity contribution in [3.63, 3.8) is 0 Å². The Morgan fingerprint density at radius 2 is 1.95 bits per heavy atom. The summed E-state index contributed by atoms with van der Waals surface area (Å²) in [5.41, 5.74) is -0.880. The quantitative estimate of drug-likeness (QED) is 0.323. The zero-order valence-electron chi connectivity index (χ0n) is 23.5. The highest BCUT2D eigenvalue weighted by atomic mass is 19.4. The molecule has 10 nitrogen and oxygen atoms in total. The molecule has 42 heavy (non-hydrogen) atoms. The minimum Gasteiger partial charge on any atom is -0.495 e. The second-order valence-electron chi connectivity index (χ2n) is 10.6. The van der Waals surface area contributed by atoms with Crippen LogP contribution in [-0.2, 0) is 18.3 Å². The number of carbonyl (C=O) groups excluding carboxylic acids is 1. The van der Waals surface area contributed by atoms with E-state index in [0.717, 1.165) is 31.5 Å². The van der Waals surface area contributed by atoms with Crippen molar-refractivity contribution in [2.45, 2.75) is 44.1 Å². The molecule has 1 saturated heterocycles. The van der Waals surface area contributed by atoms with Gasteiger partial charge in [0.05, 0.1) is 12.8 Å². The molecule has 1 unspecified atom stereocenters. The van der Waals surface area contributed by atoms with Crippen molar-refractivity contribution in [3.8, 4) is 17.4 Å². The van der Waals surface area contributed by atoms with Gasteiger partial charge >= 0.3 is 6.18 Å². The van der Waals surface area contributed by atoms with Crippen LogP contribution < -0.4 is 25.4 Å². The number of rotatable bonds is 7. The molecule has 224 valence electrons. The number of amides is 1. The van der Waals surface area contributed by atoms with E-state index >= 15 is 0 Å². The number of fused-ring (bicyclic) bond motifs is 1.